The topological polar surface area (TPSA) is 26.3 Å². The zero-order chi connectivity index (χ0) is 36.1. The maximum Gasteiger partial charge on any atom is 0.305 e. The van der Waals surface area contributed by atoms with Gasteiger partial charge in [0, 0.05) is 6.42 Å². The van der Waals surface area contributed by atoms with Crippen LogP contribution in [0.4, 0.5) is 0 Å². The highest BCUT2D eigenvalue weighted by molar-refractivity contribution is 5.69. The second-order valence-corrected chi connectivity index (χ2v) is 16.1. The van der Waals surface area contributed by atoms with Gasteiger partial charge < -0.3 is 4.74 Å². The first kappa shape index (κ1) is 49.2. The van der Waals surface area contributed by atoms with Gasteiger partial charge in [0.1, 0.15) is 0 Å². The molecule has 0 N–H and O–H groups in total. The van der Waals surface area contributed by atoms with Crippen LogP contribution in [0.5, 0.6) is 0 Å². The second-order valence-electron chi connectivity index (χ2n) is 16.1. The van der Waals surface area contributed by atoms with Crippen molar-refractivity contribution in [2.45, 2.75) is 284 Å². The fraction of sp³-hybridized carbons (Fsp3) is 0.938. The molecule has 0 spiro atoms. The van der Waals surface area contributed by atoms with Crippen molar-refractivity contribution in [1.82, 2.24) is 0 Å². The van der Waals surface area contributed by atoms with Gasteiger partial charge in [-0.25, -0.2) is 0 Å². The van der Waals surface area contributed by atoms with Crippen molar-refractivity contribution in [1.29, 1.82) is 0 Å². The molecule has 0 bridgehead atoms. The van der Waals surface area contributed by atoms with Crippen LogP contribution in [0.1, 0.15) is 284 Å². The Morgan fingerprint density at radius 3 is 0.860 bits per heavy atom. The summed E-state index contributed by atoms with van der Waals surface area (Å²) in [5, 5.41) is 0. The van der Waals surface area contributed by atoms with Crippen molar-refractivity contribution >= 4 is 5.97 Å². The van der Waals surface area contributed by atoms with Gasteiger partial charge in [0.05, 0.1) is 6.61 Å². The molecule has 2 heteroatoms. The molecule has 0 aromatic heterocycles. The summed E-state index contributed by atoms with van der Waals surface area (Å²) in [5.41, 5.74) is 0. The zero-order valence-electron chi connectivity index (χ0n) is 34.9. The summed E-state index contributed by atoms with van der Waals surface area (Å²) in [4.78, 5) is 12.0. The molecule has 0 radical (unpaired) electrons. The van der Waals surface area contributed by atoms with Crippen molar-refractivity contribution in [3.05, 3.63) is 12.2 Å². The van der Waals surface area contributed by atoms with Crippen LogP contribution < -0.4 is 0 Å². The first-order valence-electron chi connectivity index (χ1n) is 23.6. The number of allylic oxidation sites excluding steroid dienone is 2. The molecule has 0 aromatic carbocycles. The van der Waals surface area contributed by atoms with E-state index < -0.39 is 0 Å². The lowest BCUT2D eigenvalue weighted by Crippen LogP contribution is -2.05. The normalized spacial score (nSPS) is 11.6. The molecule has 0 aliphatic rings. The number of carbonyl (C=O) groups excluding carboxylic acids is 1. The summed E-state index contributed by atoms with van der Waals surface area (Å²) in [7, 11) is 0. The lowest BCUT2D eigenvalue weighted by molar-refractivity contribution is -0.143. The summed E-state index contributed by atoms with van der Waals surface area (Å²) >= 11 is 0. The Bertz CT molecular complexity index is 640. The van der Waals surface area contributed by atoms with Gasteiger partial charge in [-0.1, -0.05) is 251 Å². The van der Waals surface area contributed by atoms with Crippen LogP contribution in [-0.2, 0) is 9.53 Å². The third kappa shape index (κ3) is 45.2. The molecule has 0 aliphatic carbocycles. The van der Waals surface area contributed by atoms with E-state index in [9.17, 15) is 4.79 Å². The molecule has 0 heterocycles. The van der Waals surface area contributed by atoms with Crippen molar-refractivity contribution < 1.29 is 9.53 Å². The fourth-order valence-electron chi connectivity index (χ4n) is 7.37. The number of unbranched alkanes of at least 4 members (excludes halogenated alkanes) is 38. The largest absolute Gasteiger partial charge is 0.466 e. The molecule has 2 nitrogen and oxygen atoms in total. The van der Waals surface area contributed by atoms with Crippen LogP contribution in [-0.4, -0.2) is 12.6 Å². The zero-order valence-corrected chi connectivity index (χ0v) is 34.9. The van der Waals surface area contributed by atoms with E-state index in [0.717, 1.165) is 12.8 Å². The van der Waals surface area contributed by atoms with E-state index in [1.165, 1.54) is 250 Å². The number of esters is 1. The van der Waals surface area contributed by atoms with E-state index >= 15 is 0 Å². The van der Waals surface area contributed by atoms with Gasteiger partial charge in [-0.15, -0.1) is 0 Å². The van der Waals surface area contributed by atoms with Crippen molar-refractivity contribution in [3.8, 4) is 0 Å². The number of carbonyl (C=O) groups is 1. The van der Waals surface area contributed by atoms with Gasteiger partial charge in [0.25, 0.3) is 0 Å². The van der Waals surface area contributed by atoms with Gasteiger partial charge in [-0.05, 0) is 38.5 Å². The summed E-state index contributed by atoms with van der Waals surface area (Å²) in [5.74, 6) is 0.0294. The first-order valence-corrected chi connectivity index (χ1v) is 23.6. The third-order valence-electron chi connectivity index (χ3n) is 10.9. The molecule has 50 heavy (non-hydrogen) atoms. The standard InChI is InChI=1S/C48H94O2/c1-3-5-7-9-11-13-15-17-19-21-23-25-27-29-31-33-35-37-39-41-43-45-47-50-48(49)46-44-42-40-38-36-34-32-30-28-26-24-22-20-18-16-14-12-10-8-6-4-2/h18,20H,3-17,19,21-47H2,1-2H3/b20-18-. The smallest absolute Gasteiger partial charge is 0.305 e. The van der Waals surface area contributed by atoms with Gasteiger partial charge in [-0.3, -0.25) is 4.79 Å². The van der Waals surface area contributed by atoms with Crippen LogP contribution in [0.3, 0.4) is 0 Å². The second kappa shape index (κ2) is 46.2. The van der Waals surface area contributed by atoms with E-state index in [1.807, 2.05) is 0 Å². The molecular weight excluding hydrogens is 609 g/mol. The van der Waals surface area contributed by atoms with Gasteiger partial charge in [0.15, 0.2) is 0 Å². The van der Waals surface area contributed by atoms with E-state index in [0.29, 0.717) is 13.0 Å². The average molecular weight is 703 g/mol. The Kier molecular flexibility index (Phi) is 45.5. The summed E-state index contributed by atoms with van der Waals surface area (Å²) in [6, 6.07) is 0. The van der Waals surface area contributed by atoms with Crippen LogP contribution in [0.25, 0.3) is 0 Å². The number of hydrogen-bond acceptors (Lipinski definition) is 2. The predicted molar refractivity (Wildman–Crippen MR) is 225 cm³/mol. The van der Waals surface area contributed by atoms with Crippen molar-refractivity contribution in [3.63, 3.8) is 0 Å². The molecule has 298 valence electrons. The molecule has 0 aromatic rings. The van der Waals surface area contributed by atoms with Gasteiger partial charge >= 0.3 is 5.97 Å². The van der Waals surface area contributed by atoms with E-state index in [-0.39, 0.29) is 5.97 Å². The SMILES string of the molecule is CCCCCCCC/C=C\CCCCCCCCCCCCCC(=O)OCCCCCCCCCCCCCCCCCCCCCCCC. The molecule has 0 saturated heterocycles. The summed E-state index contributed by atoms with van der Waals surface area (Å²) < 4.78 is 5.49. The quantitative estimate of drug-likeness (QED) is 0.0359. The van der Waals surface area contributed by atoms with E-state index in [1.54, 1.807) is 0 Å². The molecule has 0 aliphatic heterocycles. The van der Waals surface area contributed by atoms with Crippen LogP contribution >= 0.6 is 0 Å². The Morgan fingerprint density at radius 2 is 0.560 bits per heavy atom. The molecule has 0 saturated carbocycles. The highest BCUT2D eigenvalue weighted by Crippen LogP contribution is 2.16. The first-order chi connectivity index (χ1) is 24.8. The highest BCUT2D eigenvalue weighted by atomic mass is 16.5. The monoisotopic (exact) mass is 703 g/mol. The lowest BCUT2D eigenvalue weighted by Gasteiger charge is -2.06. The Hall–Kier alpha value is -0.790. The molecular formula is C48H94O2. The van der Waals surface area contributed by atoms with Gasteiger partial charge in [-0.2, -0.15) is 0 Å². The fourth-order valence-corrected chi connectivity index (χ4v) is 7.37. The summed E-state index contributed by atoms with van der Waals surface area (Å²) in [6.45, 7) is 5.22. The van der Waals surface area contributed by atoms with Crippen molar-refractivity contribution in [2.75, 3.05) is 6.61 Å². The molecule has 0 rings (SSSR count). The molecule has 0 unspecified atom stereocenters. The Balaban J connectivity index is 3.17. The average Bonchev–Trinajstić information content (AvgIpc) is 3.12. The molecule has 0 amide bonds. The third-order valence-corrected chi connectivity index (χ3v) is 10.9. The van der Waals surface area contributed by atoms with Gasteiger partial charge in [0.2, 0.25) is 0 Å². The van der Waals surface area contributed by atoms with Crippen LogP contribution in [0, 0.1) is 0 Å². The Morgan fingerprint density at radius 1 is 0.320 bits per heavy atom. The minimum Gasteiger partial charge on any atom is -0.466 e. The van der Waals surface area contributed by atoms with E-state index in [2.05, 4.69) is 26.0 Å². The molecule has 0 fully saturated rings. The number of rotatable bonds is 44. The molecule has 0 atom stereocenters. The minimum atomic E-state index is 0.0294. The number of hydrogen-bond donors (Lipinski definition) is 0. The summed E-state index contributed by atoms with van der Waals surface area (Å²) in [6.07, 6.45) is 61.9. The highest BCUT2D eigenvalue weighted by Gasteiger charge is 2.03. The Labute approximate surface area is 316 Å². The predicted octanol–water partition coefficient (Wildman–Crippen LogP) is 17.5. The lowest BCUT2D eigenvalue weighted by atomic mass is 10.0. The van der Waals surface area contributed by atoms with Crippen LogP contribution in [0.15, 0.2) is 12.2 Å². The minimum absolute atomic E-state index is 0.0294. The number of ether oxygens (including phenoxy) is 1. The maximum atomic E-state index is 12.0. The van der Waals surface area contributed by atoms with Crippen LogP contribution in [0.2, 0.25) is 0 Å². The van der Waals surface area contributed by atoms with E-state index in [4.69, 9.17) is 4.74 Å². The maximum absolute atomic E-state index is 12.0. The van der Waals surface area contributed by atoms with Crippen molar-refractivity contribution in [2.24, 2.45) is 0 Å².